The molecule has 0 heterocycles. The van der Waals surface area contributed by atoms with Crippen LogP contribution in [0.4, 0.5) is 0 Å². The molecule has 16 heavy (non-hydrogen) atoms. The molecule has 0 aliphatic carbocycles. The molecule has 0 aliphatic heterocycles. The third-order valence-corrected chi connectivity index (χ3v) is 2.77. The minimum Gasteiger partial charge on any atom is -0.507 e. The molecule has 1 aromatic rings. The third-order valence-electron chi connectivity index (χ3n) is 2.14. The Labute approximate surface area is 106 Å². The third kappa shape index (κ3) is 3.99. The summed E-state index contributed by atoms with van der Waals surface area (Å²) in [5.41, 5.74) is 0.0895. The van der Waals surface area contributed by atoms with Crippen molar-refractivity contribution in [2.45, 2.75) is 31.7 Å². The van der Waals surface area contributed by atoms with Crippen molar-refractivity contribution in [2.24, 2.45) is 0 Å². The van der Waals surface area contributed by atoms with E-state index in [1.807, 2.05) is 0 Å². The second-order valence-corrected chi connectivity index (χ2v) is 4.33. The summed E-state index contributed by atoms with van der Waals surface area (Å²) in [6.45, 7) is 2.09. The number of benzene rings is 1. The first kappa shape index (κ1) is 13.3. The van der Waals surface area contributed by atoms with E-state index < -0.39 is 5.56 Å². The van der Waals surface area contributed by atoms with Crippen LogP contribution in [0.1, 0.15) is 31.7 Å². The Kier molecular flexibility index (Phi) is 5.56. The lowest BCUT2D eigenvalue weighted by Crippen LogP contribution is -2.12. The van der Waals surface area contributed by atoms with Crippen LogP contribution in [-0.2, 0) is 4.74 Å². The highest BCUT2D eigenvalue weighted by Gasteiger charge is 2.12. The fourth-order valence-corrected chi connectivity index (χ4v) is 1.83. The maximum atomic E-state index is 9.56. The number of para-hydroxylation sites is 1. The van der Waals surface area contributed by atoms with Gasteiger partial charge >= 0.3 is 0 Å². The van der Waals surface area contributed by atoms with Crippen molar-refractivity contribution in [3.8, 4) is 5.75 Å². The summed E-state index contributed by atoms with van der Waals surface area (Å²) in [6.07, 6.45) is 2.82. The number of phenolic OH excluding ortho intramolecular Hbond substituents is 1. The number of halogens is 1. The Hall–Kier alpha value is -0.800. The Morgan fingerprint density at radius 1 is 1.50 bits per heavy atom. The van der Waals surface area contributed by atoms with Gasteiger partial charge in [0.2, 0.25) is 0 Å². The second-order valence-electron chi connectivity index (χ2n) is 3.47. The first-order chi connectivity index (χ1) is 7.65. The molecule has 0 bridgehead atoms. The molecule has 0 spiro atoms. The van der Waals surface area contributed by atoms with E-state index in [9.17, 15) is 5.11 Å². The first-order valence-electron chi connectivity index (χ1n) is 5.28. The van der Waals surface area contributed by atoms with E-state index in [-0.39, 0.29) is 10.8 Å². The van der Waals surface area contributed by atoms with Gasteiger partial charge in [0.25, 0.3) is 0 Å². The maximum Gasteiger partial charge on any atom is 0.196 e. The molecule has 0 aliphatic rings. The van der Waals surface area contributed by atoms with Crippen molar-refractivity contribution in [3.63, 3.8) is 0 Å². The summed E-state index contributed by atoms with van der Waals surface area (Å²) in [7, 11) is 0. The van der Waals surface area contributed by atoms with Gasteiger partial charge in [-0.05, 0) is 37.2 Å². The smallest absolute Gasteiger partial charge is 0.196 e. The van der Waals surface area contributed by atoms with Crippen LogP contribution in [0, 0.1) is 0 Å². The van der Waals surface area contributed by atoms with Crippen molar-refractivity contribution in [1.29, 1.82) is 0 Å². The van der Waals surface area contributed by atoms with E-state index in [4.69, 9.17) is 28.6 Å². The standard InChI is InChI=1S/C12H15ClO2S/c1-2-3-8-11(13)15-12(16)9-6-4-5-7-10(9)14/h4-7,11,14H,2-3,8H2,1H3. The van der Waals surface area contributed by atoms with Crippen LogP contribution in [0.25, 0.3) is 0 Å². The molecule has 0 radical (unpaired) electrons. The fraction of sp³-hybridized carbons (Fsp3) is 0.417. The van der Waals surface area contributed by atoms with Gasteiger partial charge < -0.3 is 9.84 Å². The molecule has 0 saturated carbocycles. The molecule has 0 aromatic heterocycles. The quantitative estimate of drug-likeness (QED) is 0.643. The van der Waals surface area contributed by atoms with E-state index in [1.54, 1.807) is 24.3 Å². The summed E-state index contributed by atoms with van der Waals surface area (Å²) in [5, 5.41) is 9.80. The predicted molar refractivity (Wildman–Crippen MR) is 70.1 cm³/mol. The lowest BCUT2D eigenvalue weighted by Gasteiger charge is -2.13. The fourth-order valence-electron chi connectivity index (χ4n) is 1.25. The van der Waals surface area contributed by atoms with Gasteiger partial charge in [-0.25, -0.2) is 0 Å². The number of ether oxygens (including phenoxy) is 1. The van der Waals surface area contributed by atoms with Gasteiger partial charge in [0.1, 0.15) is 5.75 Å². The summed E-state index contributed by atoms with van der Waals surface area (Å²) < 4.78 is 5.36. The molecule has 2 nitrogen and oxygen atoms in total. The zero-order valence-corrected chi connectivity index (χ0v) is 10.7. The molecule has 0 saturated heterocycles. The highest BCUT2D eigenvalue weighted by Crippen LogP contribution is 2.20. The first-order valence-corrected chi connectivity index (χ1v) is 6.12. The Morgan fingerprint density at radius 3 is 2.81 bits per heavy atom. The molecular formula is C12H15ClO2S. The van der Waals surface area contributed by atoms with Crippen LogP contribution in [0.5, 0.6) is 5.75 Å². The van der Waals surface area contributed by atoms with E-state index in [1.165, 1.54) is 0 Å². The van der Waals surface area contributed by atoms with Gasteiger partial charge in [0.05, 0.1) is 5.56 Å². The molecule has 1 atom stereocenters. The number of rotatable bonds is 5. The lowest BCUT2D eigenvalue weighted by molar-refractivity contribution is 0.260. The molecule has 1 rings (SSSR count). The molecule has 1 aromatic carbocycles. The Morgan fingerprint density at radius 2 is 2.19 bits per heavy atom. The summed E-state index contributed by atoms with van der Waals surface area (Å²) >= 11 is 11.0. The zero-order valence-electron chi connectivity index (χ0n) is 9.15. The van der Waals surface area contributed by atoms with Crippen LogP contribution in [0.15, 0.2) is 24.3 Å². The van der Waals surface area contributed by atoms with Crippen molar-refractivity contribution in [3.05, 3.63) is 29.8 Å². The minimum absolute atomic E-state index is 0.117. The van der Waals surface area contributed by atoms with Gasteiger partial charge in [-0.3, -0.25) is 0 Å². The van der Waals surface area contributed by atoms with E-state index >= 15 is 0 Å². The second kappa shape index (κ2) is 6.71. The van der Waals surface area contributed by atoms with Crippen LogP contribution in [-0.4, -0.2) is 15.7 Å². The van der Waals surface area contributed by atoms with Crippen LogP contribution < -0.4 is 0 Å². The highest BCUT2D eigenvalue weighted by atomic mass is 35.5. The summed E-state index contributed by atoms with van der Waals surface area (Å²) in [6, 6.07) is 6.80. The molecule has 0 fully saturated rings. The average Bonchev–Trinajstić information content (AvgIpc) is 2.26. The summed E-state index contributed by atoms with van der Waals surface area (Å²) in [5.74, 6) is 0.117. The largest absolute Gasteiger partial charge is 0.507 e. The number of thiocarbonyl (C=S) groups is 1. The minimum atomic E-state index is -0.424. The topological polar surface area (TPSA) is 29.5 Å². The SMILES string of the molecule is CCCCC(Cl)OC(=S)c1ccccc1O. The number of alkyl halides is 1. The van der Waals surface area contributed by atoms with Crippen molar-refractivity contribution >= 4 is 28.9 Å². The van der Waals surface area contributed by atoms with Gasteiger partial charge in [-0.2, -0.15) is 0 Å². The number of hydrogen-bond donors (Lipinski definition) is 1. The van der Waals surface area contributed by atoms with Gasteiger partial charge in [0, 0.05) is 0 Å². The van der Waals surface area contributed by atoms with E-state index in [0.29, 0.717) is 5.56 Å². The molecule has 4 heteroatoms. The van der Waals surface area contributed by atoms with Crippen LogP contribution in [0.2, 0.25) is 0 Å². The monoisotopic (exact) mass is 258 g/mol. The molecule has 88 valence electrons. The van der Waals surface area contributed by atoms with Gasteiger partial charge in [-0.1, -0.05) is 37.1 Å². The van der Waals surface area contributed by atoms with E-state index in [2.05, 4.69) is 6.92 Å². The number of phenols is 1. The number of aromatic hydroxyl groups is 1. The normalized spacial score (nSPS) is 12.1. The van der Waals surface area contributed by atoms with Crippen molar-refractivity contribution in [2.75, 3.05) is 0 Å². The van der Waals surface area contributed by atoms with Crippen molar-refractivity contribution < 1.29 is 9.84 Å². The summed E-state index contributed by atoms with van der Waals surface area (Å²) in [4.78, 5) is 0. The van der Waals surface area contributed by atoms with Crippen LogP contribution >= 0.6 is 23.8 Å². The number of unbranched alkanes of at least 4 members (excludes halogenated alkanes) is 1. The highest BCUT2D eigenvalue weighted by molar-refractivity contribution is 7.80. The van der Waals surface area contributed by atoms with Gasteiger partial charge in [0.15, 0.2) is 10.6 Å². The average molecular weight is 259 g/mol. The van der Waals surface area contributed by atoms with E-state index in [0.717, 1.165) is 19.3 Å². The van der Waals surface area contributed by atoms with Crippen molar-refractivity contribution in [1.82, 2.24) is 0 Å². The maximum absolute atomic E-state index is 9.56. The Bertz CT molecular complexity index is 355. The molecule has 1 unspecified atom stereocenters. The molecule has 0 amide bonds. The lowest BCUT2D eigenvalue weighted by atomic mass is 10.2. The van der Waals surface area contributed by atoms with Gasteiger partial charge in [-0.15, -0.1) is 0 Å². The Balaban J connectivity index is 2.56. The number of hydrogen-bond acceptors (Lipinski definition) is 3. The van der Waals surface area contributed by atoms with Crippen LogP contribution in [0.3, 0.4) is 0 Å². The zero-order chi connectivity index (χ0) is 12.0. The molecule has 1 N–H and O–H groups in total. The predicted octanol–water partition coefficient (Wildman–Crippen LogP) is 3.84. The molecular weight excluding hydrogens is 244 g/mol.